The summed E-state index contributed by atoms with van der Waals surface area (Å²) in [5.41, 5.74) is 6.81. The second-order valence-corrected chi connectivity index (χ2v) is 4.48. The number of hydrogen-bond donors (Lipinski definition) is 3. The minimum absolute atomic E-state index is 0.0857. The van der Waals surface area contributed by atoms with Gasteiger partial charge in [0.25, 0.3) is 0 Å². The number of benzene rings is 1. The Morgan fingerprint density at radius 3 is 2.44 bits per heavy atom. The molecule has 0 heterocycles. The molecule has 0 aliphatic carbocycles. The number of likely N-dealkylation sites (N-methyl/N-ethyl adjacent to an activating group) is 1. The van der Waals surface area contributed by atoms with Gasteiger partial charge >= 0.3 is 0 Å². The highest BCUT2D eigenvalue weighted by atomic mass is 16.3. The molecule has 0 spiro atoms. The van der Waals surface area contributed by atoms with Crippen LogP contribution in [0, 0.1) is 0 Å². The summed E-state index contributed by atoms with van der Waals surface area (Å²) in [6.45, 7) is 6.69. The number of phenols is 2. The minimum Gasteiger partial charge on any atom is -0.504 e. The van der Waals surface area contributed by atoms with Crippen molar-refractivity contribution in [1.29, 1.82) is 0 Å². The fourth-order valence-electron chi connectivity index (χ4n) is 2.14. The molecule has 102 valence electrons. The first kappa shape index (κ1) is 14.8. The summed E-state index contributed by atoms with van der Waals surface area (Å²) in [6.07, 6.45) is 2.28. The molecular formula is C14H24N2O2. The number of phenolic OH excluding ortho intramolecular Hbond substituents is 2. The van der Waals surface area contributed by atoms with Crippen molar-refractivity contribution in [2.24, 2.45) is 5.73 Å². The smallest absolute Gasteiger partial charge is 0.157 e. The van der Waals surface area contributed by atoms with Crippen LogP contribution >= 0.6 is 0 Å². The van der Waals surface area contributed by atoms with Crippen LogP contribution in [-0.2, 0) is 0 Å². The van der Waals surface area contributed by atoms with E-state index in [2.05, 4.69) is 18.7 Å². The SMILES string of the molecule is CCCCN(CC)C(CN)c1ccc(O)c(O)c1. The van der Waals surface area contributed by atoms with E-state index >= 15 is 0 Å². The zero-order chi connectivity index (χ0) is 13.5. The van der Waals surface area contributed by atoms with Gasteiger partial charge < -0.3 is 15.9 Å². The summed E-state index contributed by atoms with van der Waals surface area (Å²) in [6, 6.07) is 5.02. The van der Waals surface area contributed by atoms with E-state index in [9.17, 15) is 10.2 Å². The van der Waals surface area contributed by atoms with Gasteiger partial charge in [-0.05, 0) is 37.2 Å². The average Bonchev–Trinajstić information content (AvgIpc) is 2.38. The predicted molar refractivity (Wildman–Crippen MR) is 73.7 cm³/mol. The molecule has 4 nitrogen and oxygen atoms in total. The van der Waals surface area contributed by atoms with Crippen LogP contribution in [0.2, 0.25) is 0 Å². The number of hydrogen-bond acceptors (Lipinski definition) is 4. The van der Waals surface area contributed by atoms with Crippen LogP contribution in [-0.4, -0.2) is 34.7 Å². The summed E-state index contributed by atoms with van der Waals surface area (Å²) in [5.74, 6) is -0.177. The topological polar surface area (TPSA) is 69.7 Å². The van der Waals surface area contributed by atoms with Crippen LogP contribution in [0.4, 0.5) is 0 Å². The molecule has 4 heteroatoms. The second-order valence-electron chi connectivity index (χ2n) is 4.48. The maximum Gasteiger partial charge on any atom is 0.157 e. The van der Waals surface area contributed by atoms with Crippen LogP contribution in [0.25, 0.3) is 0 Å². The van der Waals surface area contributed by atoms with E-state index in [1.54, 1.807) is 6.07 Å². The molecule has 0 aliphatic rings. The molecule has 1 aromatic carbocycles. The Morgan fingerprint density at radius 2 is 1.94 bits per heavy atom. The zero-order valence-electron chi connectivity index (χ0n) is 11.3. The fourth-order valence-corrected chi connectivity index (χ4v) is 2.14. The van der Waals surface area contributed by atoms with E-state index in [4.69, 9.17) is 5.73 Å². The molecule has 0 aliphatic heterocycles. The van der Waals surface area contributed by atoms with Gasteiger partial charge in [0.15, 0.2) is 11.5 Å². The van der Waals surface area contributed by atoms with E-state index in [0.29, 0.717) is 6.54 Å². The van der Waals surface area contributed by atoms with Crippen LogP contribution < -0.4 is 5.73 Å². The first-order chi connectivity index (χ1) is 8.63. The van der Waals surface area contributed by atoms with Crippen molar-refractivity contribution in [3.63, 3.8) is 0 Å². The van der Waals surface area contributed by atoms with Gasteiger partial charge in [-0.15, -0.1) is 0 Å². The largest absolute Gasteiger partial charge is 0.504 e. The minimum atomic E-state index is -0.0915. The van der Waals surface area contributed by atoms with Gasteiger partial charge in [-0.2, -0.15) is 0 Å². The highest BCUT2D eigenvalue weighted by Gasteiger charge is 2.18. The number of rotatable bonds is 7. The highest BCUT2D eigenvalue weighted by molar-refractivity contribution is 5.41. The fraction of sp³-hybridized carbons (Fsp3) is 0.571. The van der Waals surface area contributed by atoms with E-state index in [1.165, 1.54) is 6.07 Å². The predicted octanol–water partition coefficient (Wildman–Crippen LogP) is 2.22. The second kappa shape index (κ2) is 7.24. The monoisotopic (exact) mass is 252 g/mol. The van der Waals surface area contributed by atoms with Gasteiger partial charge in [-0.3, -0.25) is 4.90 Å². The van der Waals surface area contributed by atoms with Crippen LogP contribution in [0.5, 0.6) is 11.5 Å². The molecule has 1 rings (SSSR count). The highest BCUT2D eigenvalue weighted by Crippen LogP contribution is 2.29. The van der Waals surface area contributed by atoms with Crippen molar-refractivity contribution in [3.05, 3.63) is 23.8 Å². The lowest BCUT2D eigenvalue weighted by Crippen LogP contribution is -2.34. The lowest BCUT2D eigenvalue weighted by molar-refractivity contribution is 0.209. The van der Waals surface area contributed by atoms with Crippen LogP contribution in [0.3, 0.4) is 0 Å². The van der Waals surface area contributed by atoms with Crippen LogP contribution in [0.15, 0.2) is 18.2 Å². The summed E-state index contributed by atoms with van der Waals surface area (Å²) >= 11 is 0. The van der Waals surface area contributed by atoms with Crippen molar-refractivity contribution in [3.8, 4) is 11.5 Å². The van der Waals surface area contributed by atoms with Crippen molar-refractivity contribution < 1.29 is 10.2 Å². The van der Waals surface area contributed by atoms with Crippen molar-refractivity contribution in [2.45, 2.75) is 32.7 Å². The van der Waals surface area contributed by atoms with E-state index < -0.39 is 0 Å². The van der Waals surface area contributed by atoms with E-state index in [0.717, 1.165) is 31.5 Å². The van der Waals surface area contributed by atoms with Gasteiger partial charge in [-0.25, -0.2) is 0 Å². The van der Waals surface area contributed by atoms with Crippen molar-refractivity contribution in [2.75, 3.05) is 19.6 Å². The van der Waals surface area contributed by atoms with Gasteiger partial charge in [0.05, 0.1) is 0 Å². The molecular weight excluding hydrogens is 228 g/mol. The lowest BCUT2D eigenvalue weighted by Gasteiger charge is -2.30. The molecule has 18 heavy (non-hydrogen) atoms. The molecule has 0 aromatic heterocycles. The van der Waals surface area contributed by atoms with Crippen molar-refractivity contribution in [1.82, 2.24) is 4.90 Å². The molecule has 0 fully saturated rings. The van der Waals surface area contributed by atoms with Gasteiger partial charge in [-0.1, -0.05) is 26.3 Å². The Bertz CT molecular complexity index is 369. The Hall–Kier alpha value is -1.26. The number of nitrogens with zero attached hydrogens (tertiary/aromatic N) is 1. The maximum atomic E-state index is 9.57. The maximum absolute atomic E-state index is 9.57. The normalized spacial score (nSPS) is 12.9. The standard InChI is InChI=1S/C14H24N2O2/c1-3-5-8-16(4-2)12(10-15)11-6-7-13(17)14(18)9-11/h6-7,9,12,17-18H,3-5,8,10,15H2,1-2H3. The average molecular weight is 252 g/mol. The quantitative estimate of drug-likeness (QED) is 0.651. The lowest BCUT2D eigenvalue weighted by atomic mass is 10.0. The molecule has 0 saturated heterocycles. The zero-order valence-corrected chi connectivity index (χ0v) is 11.3. The molecule has 0 amide bonds. The Labute approximate surface area is 109 Å². The van der Waals surface area contributed by atoms with E-state index in [1.807, 2.05) is 6.07 Å². The number of nitrogens with two attached hydrogens (primary N) is 1. The first-order valence-corrected chi connectivity index (χ1v) is 6.60. The van der Waals surface area contributed by atoms with Gasteiger partial charge in [0.2, 0.25) is 0 Å². The molecule has 0 radical (unpaired) electrons. The third-order valence-electron chi connectivity index (χ3n) is 3.25. The van der Waals surface area contributed by atoms with E-state index in [-0.39, 0.29) is 17.5 Å². The van der Waals surface area contributed by atoms with Gasteiger partial charge in [0.1, 0.15) is 0 Å². The third-order valence-corrected chi connectivity index (χ3v) is 3.25. The summed E-state index contributed by atoms with van der Waals surface area (Å²) in [4.78, 5) is 2.30. The van der Waals surface area contributed by atoms with Gasteiger partial charge in [0, 0.05) is 12.6 Å². The summed E-state index contributed by atoms with van der Waals surface area (Å²) < 4.78 is 0. The Morgan fingerprint density at radius 1 is 1.22 bits per heavy atom. The molecule has 1 atom stereocenters. The Balaban J connectivity index is 2.88. The molecule has 0 saturated carbocycles. The third kappa shape index (κ3) is 3.62. The number of unbranched alkanes of at least 4 members (excludes halogenated alkanes) is 1. The summed E-state index contributed by atoms with van der Waals surface area (Å²) in [5, 5.41) is 18.9. The molecule has 4 N–H and O–H groups in total. The number of aromatic hydroxyl groups is 2. The van der Waals surface area contributed by atoms with Crippen LogP contribution in [0.1, 0.15) is 38.3 Å². The van der Waals surface area contributed by atoms with Crippen molar-refractivity contribution >= 4 is 0 Å². The summed E-state index contributed by atoms with van der Waals surface area (Å²) in [7, 11) is 0. The first-order valence-electron chi connectivity index (χ1n) is 6.60. The molecule has 0 bridgehead atoms. The molecule has 1 unspecified atom stereocenters. The molecule has 1 aromatic rings. The Kier molecular flexibility index (Phi) is 5.95.